The molecule has 0 bridgehead atoms. The van der Waals surface area contributed by atoms with Crippen molar-refractivity contribution in [3.8, 4) is 5.75 Å². The molecule has 0 atom stereocenters. The summed E-state index contributed by atoms with van der Waals surface area (Å²) in [7, 11) is 0. The lowest BCUT2D eigenvalue weighted by Crippen LogP contribution is -2.40. The molecule has 1 aromatic carbocycles. The van der Waals surface area contributed by atoms with Crippen molar-refractivity contribution in [1.82, 2.24) is 9.88 Å². The van der Waals surface area contributed by atoms with Crippen LogP contribution >= 0.6 is 11.3 Å². The highest BCUT2D eigenvalue weighted by Gasteiger charge is 2.22. The minimum absolute atomic E-state index is 0.0522. The molecule has 1 aliphatic heterocycles. The van der Waals surface area contributed by atoms with Crippen LogP contribution in [0.4, 0.5) is 5.13 Å². The Bertz CT molecular complexity index is 717. The first-order valence-electron chi connectivity index (χ1n) is 9.45. The lowest BCUT2D eigenvalue weighted by atomic mass is 9.98. The standard InChI is InChI=1S/C20H25N3O2S/c24-19(22-20-21-17-7-4-8-18(17)26-20)13-23-11-9-15(10-12-23)14-25-16-5-2-1-3-6-16/h1-3,5-6,15H,4,7-14H2,(H,21,22,24). The summed E-state index contributed by atoms with van der Waals surface area (Å²) >= 11 is 1.64. The van der Waals surface area contributed by atoms with E-state index in [2.05, 4.69) is 15.2 Å². The fourth-order valence-corrected chi connectivity index (χ4v) is 4.71. The average molecular weight is 372 g/mol. The molecule has 1 aliphatic carbocycles. The summed E-state index contributed by atoms with van der Waals surface area (Å²) in [5.41, 5.74) is 1.18. The number of amides is 1. The van der Waals surface area contributed by atoms with E-state index in [9.17, 15) is 4.79 Å². The molecule has 0 saturated carbocycles. The van der Waals surface area contributed by atoms with Gasteiger partial charge in [0.15, 0.2) is 5.13 Å². The number of hydrogen-bond acceptors (Lipinski definition) is 5. The molecule has 0 radical (unpaired) electrons. The highest BCUT2D eigenvalue weighted by molar-refractivity contribution is 7.15. The molecule has 1 aromatic heterocycles. The van der Waals surface area contributed by atoms with Gasteiger partial charge in [0, 0.05) is 4.88 Å². The predicted octanol–water partition coefficient (Wildman–Crippen LogP) is 3.36. The number of rotatable bonds is 6. The quantitative estimate of drug-likeness (QED) is 0.846. The van der Waals surface area contributed by atoms with Crippen LogP contribution in [0.2, 0.25) is 0 Å². The van der Waals surface area contributed by atoms with E-state index in [0.717, 1.165) is 56.3 Å². The van der Waals surface area contributed by atoms with Gasteiger partial charge in [-0.1, -0.05) is 18.2 Å². The number of aromatic nitrogens is 1. The SMILES string of the molecule is O=C(CN1CCC(COc2ccccc2)CC1)Nc1nc2c(s1)CCC2. The van der Waals surface area contributed by atoms with Gasteiger partial charge in [0.1, 0.15) is 5.75 Å². The third-order valence-corrected chi connectivity index (χ3v) is 6.22. The molecule has 0 spiro atoms. The van der Waals surface area contributed by atoms with Gasteiger partial charge in [-0.25, -0.2) is 4.98 Å². The number of thiazole rings is 1. The van der Waals surface area contributed by atoms with Gasteiger partial charge in [0.2, 0.25) is 5.91 Å². The van der Waals surface area contributed by atoms with Crippen molar-refractivity contribution < 1.29 is 9.53 Å². The highest BCUT2D eigenvalue weighted by atomic mass is 32.1. The zero-order valence-corrected chi connectivity index (χ0v) is 15.8. The smallest absolute Gasteiger partial charge is 0.240 e. The van der Waals surface area contributed by atoms with Crippen molar-refractivity contribution in [3.63, 3.8) is 0 Å². The number of hydrogen-bond donors (Lipinski definition) is 1. The van der Waals surface area contributed by atoms with Crippen LogP contribution in [0.15, 0.2) is 30.3 Å². The minimum atomic E-state index is 0.0522. The van der Waals surface area contributed by atoms with Gasteiger partial charge in [-0.15, -0.1) is 11.3 Å². The van der Waals surface area contributed by atoms with Crippen molar-refractivity contribution in [2.75, 3.05) is 31.6 Å². The van der Waals surface area contributed by atoms with Crippen molar-refractivity contribution >= 4 is 22.4 Å². The molecule has 4 rings (SSSR count). The highest BCUT2D eigenvalue weighted by Crippen LogP contribution is 2.30. The van der Waals surface area contributed by atoms with E-state index >= 15 is 0 Å². The van der Waals surface area contributed by atoms with Crippen molar-refractivity contribution in [3.05, 3.63) is 40.9 Å². The molecule has 2 aliphatic rings. The molecule has 0 unspecified atom stereocenters. The number of anilines is 1. The van der Waals surface area contributed by atoms with Crippen LogP contribution in [-0.4, -0.2) is 42.0 Å². The van der Waals surface area contributed by atoms with Gasteiger partial charge in [0.05, 0.1) is 18.8 Å². The van der Waals surface area contributed by atoms with Crippen molar-refractivity contribution in [1.29, 1.82) is 0 Å². The number of aryl methyl sites for hydroxylation is 2. The number of benzene rings is 1. The summed E-state index contributed by atoms with van der Waals surface area (Å²) in [6.07, 6.45) is 5.52. The summed E-state index contributed by atoms with van der Waals surface area (Å²) in [6.45, 7) is 3.11. The van der Waals surface area contributed by atoms with E-state index in [1.54, 1.807) is 11.3 Å². The first kappa shape index (κ1) is 17.5. The maximum atomic E-state index is 12.3. The van der Waals surface area contributed by atoms with Gasteiger partial charge in [0.25, 0.3) is 0 Å². The van der Waals surface area contributed by atoms with Crippen LogP contribution in [0.25, 0.3) is 0 Å². The number of carbonyl (C=O) groups is 1. The maximum Gasteiger partial charge on any atom is 0.240 e. The Morgan fingerprint density at radius 2 is 2.04 bits per heavy atom. The Labute approximate surface area is 158 Å². The zero-order valence-electron chi connectivity index (χ0n) is 14.9. The van der Waals surface area contributed by atoms with Crippen LogP contribution in [0.5, 0.6) is 5.75 Å². The summed E-state index contributed by atoms with van der Waals surface area (Å²) < 4.78 is 5.87. The number of likely N-dealkylation sites (tertiary alicyclic amines) is 1. The van der Waals surface area contributed by atoms with Crippen molar-refractivity contribution in [2.45, 2.75) is 32.1 Å². The fourth-order valence-electron chi connectivity index (χ4n) is 3.65. The summed E-state index contributed by atoms with van der Waals surface area (Å²) in [4.78, 5) is 20.4. The predicted molar refractivity (Wildman–Crippen MR) is 104 cm³/mol. The number of ether oxygens (including phenoxy) is 1. The zero-order chi connectivity index (χ0) is 17.8. The molecule has 5 nitrogen and oxygen atoms in total. The minimum Gasteiger partial charge on any atom is -0.493 e. The van der Waals surface area contributed by atoms with E-state index in [1.807, 2.05) is 30.3 Å². The van der Waals surface area contributed by atoms with Gasteiger partial charge in [-0.3, -0.25) is 9.69 Å². The number of piperidine rings is 1. The first-order chi connectivity index (χ1) is 12.8. The fraction of sp³-hybridized carbons (Fsp3) is 0.500. The first-order valence-corrected chi connectivity index (χ1v) is 10.3. The van der Waals surface area contributed by atoms with E-state index in [0.29, 0.717) is 12.5 Å². The second kappa shape index (κ2) is 8.18. The number of nitrogens with zero attached hydrogens (tertiary/aromatic N) is 2. The lowest BCUT2D eigenvalue weighted by Gasteiger charge is -2.31. The molecule has 1 saturated heterocycles. The second-order valence-corrected chi connectivity index (χ2v) is 8.22. The topological polar surface area (TPSA) is 54.5 Å². The summed E-state index contributed by atoms with van der Waals surface area (Å²) in [5.74, 6) is 1.55. The molecule has 1 amide bonds. The molecular weight excluding hydrogens is 346 g/mol. The molecule has 26 heavy (non-hydrogen) atoms. The van der Waals surface area contributed by atoms with E-state index in [-0.39, 0.29) is 5.91 Å². The Kier molecular flexibility index (Phi) is 5.51. The Morgan fingerprint density at radius 1 is 1.23 bits per heavy atom. The van der Waals surface area contributed by atoms with Crippen molar-refractivity contribution in [2.24, 2.45) is 5.92 Å². The van der Waals surface area contributed by atoms with Gasteiger partial charge in [-0.05, 0) is 63.2 Å². The average Bonchev–Trinajstić information content (AvgIpc) is 3.23. The van der Waals surface area contributed by atoms with Gasteiger partial charge < -0.3 is 10.1 Å². The normalized spacial score (nSPS) is 17.8. The molecule has 2 aromatic rings. The number of carbonyl (C=O) groups excluding carboxylic acids is 1. The van der Waals surface area contributed by atoms with E-state index in [1.165, 1.54) is 17.0 Å². The molecule has 1 fully saturated rings. The Morgan fingerprint density at radius 3 is 2.81 bits per heavy atom. The van der Waals surface area contributed by atoms with Crippen LogP contribution in [0.3, 0.4) is 0 Å². The third kappa shape index (κ3) is 4.43. The lowest BCUT2D eigenvalue weighted by molar-refractivity contribution is -0.117. The third-order valence-electron chi connectivity index (χ3n) is 5.15. The van der Waals surface area contributed by atoms with Crippen LogP contribution in [0, 0.1) is 5.92 Å². The van der Waals surface area contributed by atoms with Crippen LogP contribution in [0.1, 0.15) is 29.8 Å². The molecule has 2 heterocycles. The largest absolute Gasteiger partial charge is 0.493 e. The van der Waals surface area contributed by atoms with Crippen LogP contribution in [-0.2, 0) is 17.6 Å². The molecule has 6 heteroatoms. The second-order valence-electron chi connectivity index (χ2n) is 7.13. The monoisotopic (exact) mass is 371 g/mol. The Hall–Kier alpha value is -1.92. The van der Waals surface area contributed by atoms with Gasteiger partial charge in [-0.2, -0.15) is 0 Å². The molecular formula is C20H25N3O2S. The maximum absolute atomic E-state index is 12.3. The van der Waals surface area contributed by atoms with E-state index in [4.69, 9.17) is 4.74 Å². The van der Waals surface area contributed by atoms with Crippen LogP contribution < -0.4 is 10.1 Å². The number of fused-ring (bicyclic) bond motifs is 1. The van der Waals surface area contributed by atoms with E-state index < -0.39 is 0 Å². The number of para-hydroxylation sites is 1. The number of nitrogens with one attached hydrogen (secondary N) is 1. The van der Waals surface area contributed by atoms with Gasteiger partial charge >= 0.3 is 0 Å². The summed E-state index contributed by atoms with van der Waals surface area (Å²) in [5, 5.41) is 3.75. The molecule has 138 valence electrons. The molecule has 1 N–H and O–H groups in total. The Balaban J connectivity index is 1.18. The summed E-state index contributed by atoms with van der Waals surface area (Å²) in [6, 6.07) is 9.97.